The van der Waals surface area contributed by atoms with Crippen LogP contribution in [0.5, 0.6) is 0 Å². The molecule has 19 heavy (non-hydrogen) atoms. The highest BCUT2D eigenvalue weighted by atomic mass is 19.4. The fourth-order valence-electron chi connectivity index (χ4n) is 1.66. The van der Waals surface area contributed by atoms with Crippen LogP contribution < -0.4 is 5.32 Å². The molecule has 6 heteroatoms. The Bertz CT molecular complexity index is 432. The van der Waals surface area contributed by atoms with E-state index in [0.717, 1.165) is 5.56 Å². The number of hydrogen-bond acceptors (Lipinski definition) is 2. The standard InChI is InChI=1S/C13H17F3N2O/c1-3-10(11-8-9(2)5-7-17-11)18-12(19)4-6-13(14,15)16/h5,7-8,10H,3-4,6H2,1-2H3,(H,18,19). The summed E-state index contributed by atoms with van der Waals surface area (Å²) in [6.45, 7) is 3.74. The first kappa shape index (κ1) is 15.5. The van der Waals surface area contributed by atoms with E-state index in [1.54, 1.807) is 6.20 Å². The quantitative estimate of drug-likeness (QED) is 0.895. The summed E-state index contributed by atoms with van der Waals surface area (Å²) >= 11 is 0. The molecule has 1 amide bonds. The van der Waals surface area contributed by atoms with E-state index in [1.807, 2.05) is 26.0 Å². The van der Waals surface area contributed by atoms with Crippen LogP contribution in [0.2, 0.25) is 0 Å². The van der Waals surface area contributed by atoms with Crippen molar-refractivity contribution in [1.29, 1.82) is 0 Å². The second-order valence-corrected chi connectivity index (χ2v) is 4.40. The van der Waals surface area contributed by atoms with Crippen molar-refractivity contribution in [2.24, 2.45) is 0 Å². The highest BCUT2D eigenvalue weighted by Gasteiger charge is 2.28. The van der Waals surface area contributed by atoms with Crippen molar-refractivity contribution in [2.75, 3.05) is 0 Å². The molecule has 1 atom stereocenters. The second-order valence-electron chi connectivity index (χ2n) is 4.40. The van der Waals surface area contributed by atoms with Crippen LogP contribution in [0.4, 0.5) is 13.2 Å². The van der Waals surface area contributed by atoms with Crippen LogP contribution in [0.3, 0.4) is 0 Å². The number of rotatable bonds is 5. The van der Waals surface area contributed by atoms with Crippen molar-refractivity contribution in [3.63, 3.8) is 0 Å². The molecule has 0 aliphatic heterocycles. The van der Waals surface area contributed by atoms with Gasteiger partial charge in [-0.05, 0) is 31.0 Å². The van der Waals surface area contributed by atoms with Gasteiger partial charge in [0.15, 0.2) is 0 Å². The van der Waals surface area contributed by atoms with Crippen LogP contribution in [-0.4, -0.2) is 17.1 Å². The third kappa shape index (κ3) is 5.72. The van der Waals surface area contributed by atoms with Crippen molar-refractivity contribution in [3.8, 4) is 0 Å². The van der Waals surface area contributed by atoms with Gasteiger partial charge in [-0.2, -0.15) is 13.2 Å². The van der Waals surface area contributed by atoms with Crippen molar-refractivity contribution in [1.82, 2.24) is 10.3 Å². The summed E-state index contributed by atoms with van der Waals surface area (Å²) in [5.74, 6) is -0.604. The zero-order valence-corrected chi connectivity index (χ0v) is 10.9. The molecule has 0 aromatic carbocycles. The maximum absolute atomic E-state index is 12.0. The molecule has 0 radical (unpaired) electrons. The molecule has 0 aliphatic rings. The summed E-state index contributed by atoms with van der Waals surface area (Å²) in [6, 6.07) is 3.29. The zero-order valence-electron chi connectivity index (χ0n) is 10.9. The molecule has 106 valence electrons. The van der Waals surface area contributed by atoms with E-state index >= 15 is 0 Å². The Morgan fingerprint density at radius 3 is 2.68 bits per heavy atom. The van der Waals surface area contributed by atoms with E-state index in [-0.39, 0.29) is 6.04 Å². The van der Waals surface area contributed by atoms with Crippen LogP contribution in [0.15, 0.2) is 18.3 Å². The number of amides is 1. The molecule has 1 aromatic heterocycles. The van der Waals surface area contributed by atoms with Gasteiger partial charge in [0, 0.05) is 12.6 Å². The third-order valence-electron chi connectivity index (χ3n) is 2.67. The van der Waals surface area contributed by atoms with Gasteiger partial charge >= 0.3 is 6.18 Å². The van der Waals surface area contributed by atoms with Crippen LogP contribution in [0.25, 0.3) is 0 Å². The number of nitrogens with one attached hydrogen (secondary N) is 1. The zero-order chi connectivity index (χ0) is 14.5. The maximum Gasteiger partial charge on any atom is 0.389 e. The van der Waals surface area contributed by atoms with Gasteiger partial charge in [-0.15, -0.1) is 0 Å². The Kier molecular flexibility index (Phi) is 5.32. The maximum atomic E-state index is 12.0. The highest BCUT2D eigenvalue weighted by Crippen LogP contribution is 2.22. The van der Waals surface area contributed by atoms with Crippen molar-refractivity contribution < 1.29 is 18.0 Å². The Morgan fingerprint density at radius 2 is 2.16 bits per heavy atom. The average molecular weight is 274 g/mol. The first-order chi connectivity index (χ1) is 8.81. The molecule has 1 aromatic rings. The van der Waals surface area contributed by atoms with Gasteiger partial charge in [-0.3, -0.25) is 9.78 Å². The topological polar surface area (TPSA) is 42.0 Å². The Morgan fingerprint density at radius 1 is 1.47 bits per heavy atom. The number of aryl methyl sites for hydroxylation is 1. The number of alkyl halides is 3. The molecule has 1 unspecified atom stereocenters. The molecule has 1 N–H and O–H groups in total. The van der Waals surface area contributed by atoms with Crippen molar-refractivity contribution in [2.45, 2.75) is 45.3 Å². The minimum absolute atomic E-state index is 0.347. The number of carbonyl (C=O) groups is 1. The van der Waals surface area contributed by atoms with E-state index in [0.29, 0.717) is 12.1 Å². The molecule has 0 spiro atoms. The molecule has 0 saturated carbocycles. The van der Waals surface area contributed by atoms with Gasteiger partial charge < -0.3 is 5.32 Å². The number of halogens is 3. The average Bonchev–Trinajstić information content (AvgIpc) is 2.32. The van der Waals surface area contributed by atoms with Crippen molar-refractivity contribution >= 4 is 5.91 Å². The van der Waals surface area contributed by atoms with Gasteiger partial charge in [0.1, 0.15) is 0 Å². The van der Waals surface area contributed by atoms with Crippen LogP contribution in [0, 0.1) is 6.92 Å². The lowest BCUT2D eigenvalue weighted by Gasteiger charge is -2.17. The minimum atomic E-state index is -4.30. The molecule has 3 nitrogen and oxygen atoms in total. The Hall–Kier alpha value is -1.59. The Labute approximate surface area is 110 Å². The van der Waals surface area contributed by atoms with E-state index < -0.39 is 24.9 Å². The fourth-order valence-corrected chi connectivity index (χ4v) is 1.66. The first-order valence-electron chi connectivity index (χ1n) is 6.10. The minimum Gasteiger partial charge on any atom is -0.348 e. The predicted octanol–water partition coefficient (Wildman–Crippen LogP) is 3.30. The van der Waals surface area contributed by atoms with Gasteiger partial charge in [0.2, 0.25) is 5.91 Å². The molecule has 0 fully saturated rings. The van der Waals surface area contributed by atoms with E-state index in [4.69, 9.17) is 0 Å². The summed E-state index contributed by atoms with van der Waals surface area (Å²) < 4.78 is 36.1. The molecular formula is C13H17F3N2O. The van der Waals surface area contributed by atoms with Crippen molar-refractivity contribution in [3.05, 3.63) is 29.6 Å². The second kappa shape index (κ2) is 6.54. The number of carbonyl (C=O) groups excluding carboxylic acids is 1. The number of nitrogens with zero attached hydrogens (tertiary/aromatic N) is 1. The van der Waals surface area contributed by atoms with Crippen LogP contribution >= 0.6 is 0 Å². The lowest BCUT2D eigenvalue weighted by molar-refractivity contribution is -0.144. The summed E-state index contributed by atoms with van der Waals surface area (Å²) in [4.78, 5) is 15.6. The lowest BCUT2D eigenvalue weighted by Crippen LogP contribution is -2.29. The lowest BCUT2D eigenvalue weighted by atomic mass is 10.1. The van der Waals surface area contributed by atoms with E-state index in [1.165, 1.54) is 0 Å². The molecule has 0 aliphatic carbocycles. The number of pyridine rings is 1. The smallest absolute Gasteiger partial charge is 0.348 e. The number of aromatic nitrogens is 1. The summed E-state index contributed by atoms with van der Waals surface area (Å²) in [7, 11) is 0. The van der Waals surface area contributed by atoms with Gasteiger partial charge in [0.05, 0.1) is 18.2 Å². The molecule has 1 heterocycles. The largest absolute Gasteiger partial charge is 0.389 e. The van der Waals surface area contributed by atoms with Crippen LogP contribution in [0.1, 0.15) is 43.5 Å². The van der Waals surface area contributed by atoms with Crippen LogP contribution in [-0.2, 0) is 4.79 Å². The summed E-state index contributed by atoms with van der Waals surface area (Å²) in [5.41, 5.74) is 1.66. The highest BCUT2D eigenvalue weighted by molar-refractivity contribution is 5.76. The molecular weight excluding hydrogens is 257 g/mol. The SMILES string of the molecule is CCC(NC(=O)CCC(F)(F)F)c1cc(C)ccn1. The van der Waals surface area contributed by atoms with E-state index in [2.05, 4.69) is 10.3 Å². The van der Waals surface area contributed by atoms with Gasteiger partial charge in [0.25, 0.3) is 0 Å². The van der Waals surface area contributed by atoms with E-state index in [9.17, 15) is 18.0 Å². The molecule has 0 bridgehead atoms. The summed E-state index contributed by atoms with van der Waals surface area (Å²) in [5, 5.41) is 2.58. The first-order valence-corrected chi connectivity index (χ1v) is 6.10. The predicted molar refractivity (Wildman–Crippen MR) is 65.4 cm³/mol. The van der Waals surface area contributed by atoms with Gasteiger partial charge in [-0.25, -0.2) is 0 Å². The third-order valence-corrected chi connectivity index (χ3v) is 2.67. The normalized spacial score (nSPS) is 13.1. The molecule has 1 rings (SSSR count). The monoisotopic (exact) mass is 274 g/mol. The number of hydrogen-bond donors (Lipinski definition) is 1. The molecule has 0 saturated heterocycles. The Balaban J connectivity index is 2.60. The van der Waals surface area contributed by atoms with Gasteiger partial charge in [-0.1, -0.05) is 6.92 Å². The fraction of sp³-hybridized carbons (Fsp3) is 0.538. The summed E-state index contributed by atoms with van der Waals surface area (Å²) in [6.07, 6.45) is -3.76.